The highest BCUT2D eigenvalue weighted by Gasteiger charge is 2.35. The number of hydrogen-bond donors (Lipinski definition) is 1. The third kappa shape index (κ3) is 3.88. The molecule has 1 aliphatic carbocycles. The molecule has 0 radical (unpaired) electrons. The minimum absolute atomic E-state index is 0.0708. The van der Waals surface area contributed by atoms with Gasteiger partial charge in [0, 0.05) is 30.6 Å². The normalized spacial score (nSPS) is 25.0. The van der Waals surface area contributed by atoms with E-state index in [-0.39, 0.29) is 6.04 Å². The van der Waals surface area contributed by atoms with Crippen molar-refractivity contribution in [3.8, 4) is 0 Å². The maximum absolute atomic E-state index is 12.4. The smallest absolute Gasteiger partial charge is 0.240 e. The molecule has 17 heavy (non-hydrogen) atoms. The first-order valence-electron chi connectivity index (χ1n) is 6.80. The summed E-state index contributed by atoms with van der Waals surface area (Å²) in [5.74, 6) is 3.11. The van der Waals surface area contributed by atoms with E-state index in [2.05, 4.69) is 24.1 Å². The molecule has 0 aromatic rings. The summed E-state index contributed by atoms with van der Waals surface area (Å²) in [4.78, 5) is 14.6. The summed E-state index contributed by atoms with van der Waals surface area (Å²) in [5.41, 5.74) is 0. The molecule has 1 heterocycles. The Kier molecular flexibility index (Phi) is 4.74. The van der Waals surface area contributed by atoms with E-state index in [9.17, 15) is 4.79 Å². The average molecular weight is 256 g/mol. The standard InChI is InChI=1S/C13H24N2OS/c1-10(2)5-7-15(11-3-4-11)13(16)12-9-17-8-6-14-12/h10-12,14H,3-9H2,1-2H3. The summed E-state index contributed by atoms with van der Waals surface area (Å²) in [5, 5.41) is 3.36. The topological polar surface area (TPSA) is 32.3 Å². The van der Waals surface area contributed by atoms with Gasteiger partial charge in [-0.05, 0) is 25.2 Å². The van der Waals surface area contributed by atoms with Crippen molar-refractivity contribution in [2.45, 2.75) is 45.2 Å². The molecule has 1 unspecified atom stereocenters. The van der Waals surface area contributed by atoms with E-state index in [0.29, 0.717) is 17.9 Å². The van der Waals surface area contributed by atoms with Gasteiger partial charge in [0.05, 0.1) is 6.04 Å². The number of amides is 1. The Balaban J connectivity index is 1.87. The minimum atomic E-state index is 0.0708. The van der Waals surface area contributed by atoms with E-state index in [0.717, 1.165) is 31.0 Å². The Hall–Kier alpha value is -0.220. The third-order valence-corrected chi connectivity index (χ3v) is 4.50. The van der Waals surface area contributed by atoms with Crippen molar-refractivity contribution in [3.63, 3.8) is 0 Å². The molecule has 4 heteroatoms. The summed E-state index contributed by atoms with van der Waals surface area (Å²) < 4.78 is 0. The van der Waals surface area contributed by atoms with Crippen LogP contribution in [0.4, 0.5) is 0 Å². The second kappa shape index (κ2) is 6.10. The van der Waals surface area contributed by atoms with Crippen molar-refractivity contribution in [2.24, 2.45) is 5.92 Å². The molecule has 1 saturated carbocycles. The van der Waals surface area contributed by atoms with Crippen molar-refractivity contribution >= 4 is 17.7 Å². The molecular weight excluding hydrogens is 232 g/mol. The fraction of sp³-hybridized carbons (Fsp3) is 0.923. The summed E-state index contributed by atoms with van der Waals surface area (Å²) in [6, 6.07) is 0.622. The summed E-state index contributed by atoms with van der Waals surface area (Å²) in [6.45, 7) is 6.38. The number of carbonyl (C=O) groups excluding carboxylic acids is 1. The van der Waals surface area contributed by atoms with Crippen LogP contribution in [0.25, 0.3) is 0 Å². The van der Waals surface area contributed by atoms with Crippen LogP contribution in [0, 0.1) is 5.92 Å². The van der Waals surface area contributed by atoms with Gasteiger partial charge < -0.3 is 10.2 Å². The number of hydrogen-bond acceptors (Lipinski definition) is 3. The minimum Gasteiger partial charge on any atom is -0.338 e. The van der Waals surface area contributed by atoms with Crippen LogP contribution in [0.5, 0.6) is 0 Å². The van der Waals surface area contributed by atoms with E-state index in [1.54, 1.807) is 0 Å². The Morgan fingerprint density at radius 1 is 1.47 bits per heavy atom. The predicted octanol–water partition coefficient (Wildman–Crippen LogP) is 1.73. The van der Waals surface area contributed by atoms with Gasteiger partial charge in [-0.25, -0.2) is 0 Å². The van der Waals surface area contributed by atoms with Crippen LogP contribution < -0.4 is 5.32 Å². The maximum atomic E-state index is 12.4. The molecule has 1 saturated heterocycles. The van der Waals surface area contributed by atoms with Gasteiger partial charge in [-0.2, -0.15) is 11.8 Å². The lowest BCUT2D eigenvalue weighted by molar-refractivity contribution is -0.133. The molecule has 98 valence electrons. The highest BCUT2D eigenvalue weighted by Crippen LogP contribution is 2.28. The van der Waals surface area contributed by atoms with E-state index in [4.69, 9.17) is 0 Å². The highest BCUT2D eigenvalue weighted by molar-refractivity contribution is 7.99. The number of nitrogens with one attached hydrogen (secondary N) is 1. The molecule has 0 spiro atoms. The molecule has 1 N–H and O–H groups in total. The van der Waals surface area contributed by atoms with E-state index >= 15 is 0 Å². The van der Waals surface area contributed by atoms with Crippen LogP contribution >= 0.6 is 11.8 Å². The molecule has 1 atom stereocenters. The first-order valence-corrected chi connectivity index (χ1v) is 7.95. The third-order valence-electron chi connectivity index (χ3n) is 3.44. The largest absolute Gasteiger partial charge is 0.338 e. The van der Waals surface area contributed by atoms with E-state index in [1.807, 2.05) is 11.8 Å². The molecule has 0 aromatic heterocycles. The number of nitrogens with zero attached hydrogens (tertiary/aromatic N) is 1. The number of thioether (sulfide) groups is 1. The Morgan fingerprint density at radius 2 is 2.24 bits per heavy atom. The van der Waals surface area contributed by atoms with E-state index in [1.165, 1.54) is 12.8 Å². The molecular formula is C13H24N2OS. The highest BCUT2D eigenvalue weighted by atomic mass is 32.2. The quantitative estimate of drug-likeness (QED) is 0.813. The predicted molar refractivity (Wildman–Crippen MR) is 73.3 cm³/mol. The second-order valence-electron chi connectivity index (χ2n) is 5.53. The van der Waals surface area contributed by atoms with Gasteiger partial charge in [0.2, 0.25) is 5.91 Å². The summed E-state index contributed by atoms with van der Waals surface area (Å²) >= 11 is 1.90. The SMILES string of the molecule is CC(C)CCN(C(=O)C1CSCCN1)C1CC1. The lowest BCUT2D eigenvalue weighted by Crippen LogP contribution is -2.51. The fourth-order valence-corrected chi connectivity index (χ4v) is 3.11. The van der Waals surface area contributed by atoms with Crippen molar-refractivity contribution < 1.29 is 4.79 Å². The number of rotatable bonds is 5. The first-order chi connectivity index (χ1) is 8.18. The van der Waals surface area contributed by atoms with Gasteiger partial charge in [-0.3, -0.25) is 4.79 Å². The van der Waals surface area contributed by atoms with Crippen LogP contribution in [-0.2, 0) is 4.79 Å². The zero-order valence-electron chi connectivity index (χ0n) is 10.9. The van der Waals surface area contributed by atoms with Crippen LogP contribution in [0.3, 0.4) is 0 Å². The zero-order valence-corrected chi connectivity index (χ0v) is 11.8. The van der Waals surface area contributed by atoms with Gasteiger partial charge >= 0.3 is 0 Å². The van der Waals surface area contributed by atoms with Gasteiger partial charge in [-0.1, -0.05) is 13.8 Å². The Labute approximate surface area is 109 Å². The molecule has 3 nitrogen and oxygen atoms in total. The van der Waals surface area contributed by atoms with Gasteiger partial charge in [0.25, 0.3) is 0 Å². The van der Waals surface area contributed by atoms with Crippen molar-refractivity contribution in [1.82, 2.24) is 10.2 Å². The fourth-order valence-electron chi connectivity index (χ4n) is 2.18. The molecule has 0 aromatic carbocycles. The van der Waals surface area contributed by atoms with Crippen LogP contribution in [0.2, 0.25) is 0 Å². The van der Waals surface area contributed by atoms with Crippen molar-refractivity contribution in [3.05, 3.63) is 0 Å². The summed E-state index contributed by atoms with van der Waals surface area (Å²) in [6.07, 6.45) is 3.55. The average Bonchev–Trinajstić information content (AvgIpc) is 3.14. The van der Waals surface area contributed by atoms with Gasteiger partial charge in [-0.15, -0.1) is 0 Å². The maximum Gasteiger partial charge on any atom is 0.240 e. The van der Waals surface area contributed by atoms with Crippen LogP contribution in [0.15, 0.2) is 0 Å². The molecule has 2 rings (SSSR count). The lowest BCUT2D eigenvalue weighted by atomic mass is 10.1. The molecule has 1 amide bonds. The van der Waals surface area contributed by atoms with Crippen LogP contribution in [-0.4, -0.2) is 47.5 Å². The van der Waals surface area contributed by atoms with Crippen LogP contribution in [0.1, 0.15) is 33.1 Å². The Morgan fingerprint density at radius 3 is 2.76 bits per heavy atom. The zero-order chi connectivity index (χ0) is 12.3. The Bertz CT molecular complexity index is 260. The van der Waals surface area contributed by atoms with E-state index < -0.39 is 0 Å². The molecule has 0 bridgehead atoms. The molecule has 1 aliphatic heterocycles. The first kappa shape index (κ1) is 13.2. The molecule has 2 fully saturated rings. The van der Waals surface area contributed by atoms with Gasteiger partial charge in [0.1, 0.15) is 0 Å². The van der Waals surface area contributed by atoms with Crippen molar-refractivity contribution in [2.75, 3.05) is 24.6 Å². The summed E-state index contributed by atoms with van der Waals surface area (Å²) in [7, 11) is 0. The second-order valence-corrected chi connectivity index (χ2v) is 6.68. The van der Waals surface area contributed by atoms with Crippen molar-refractivity contribution in [1.29, 1.82) is 0 Å². The van der Waals surface area contributed by atoms with Gasteiger partial charge in [0.15, 0.2) is 0 Å². The lowest BCUT2D eigenvalue weighted by Gasteiger charge is -2.30. The molecule has 2 aliphatic rings. The number of carbonyl (C=O) groups is 1. The monoisotopic (exact) mass is 256 g/mol.